The smallest absolute Gasteiger partial charge is 0.427 e. The molecule has 1 aliphatic heterocycles. The molecule has 0 radical (unpaired) electrons. The number of rotatable bonds is 8. The number of amides is 1. The molecule has 2 aromatic rings. The van der Waals surface area contributed by atoms with E-state index in [1.807, 2.05) is 18.2 Å². The van der Waals surface area contributed by atoms with Gasteiger partial charge in [0.15, 0.2) is 0 Å². The highest BCUT2D eigenvalue weighted by atomic mass is 19.4. The van der Waals surface area contributed by atoms with Crippen LogP contribution in [0, 0.1) is 5.92 Å². The quantitative estimate of drug-likeness (QED) is 0.256. The van der Waals surface area contributed by atoms with Gasteiger partial charge in [0.25, 0.3) is 0 Å². The molecule has 3 unspecified atom stereocenters. The van der Waals surface area contributed by atoms with Crippen molar-refractivity contribution in [3.05, 3.63) is 65.7 Å². The number of nitrogens with zero attached hydrogens (tertiary/aromatic N) is 2. The van der Waals surface area contributed by atoms with Gasteiger partial charge in [-0.3, -0.25) is 9.59 Å². The first kappa shape index (κ1) is 30.1. The Labute approximate surface area is 243 Å². The molecule has 42 heavy (non-hydrogen) atoms. The fraction of sp³-hybridized carbons (Fsp3) is 0.500. The number of aliphatic hydroxyl groups is 1. The van der Waals surface area contributed by atoms with E-state index >= 15 is 0 Å². The minimum Gasteiger partial charge on any atom is -0.427 e. The molecule has 3 atom stereocenters. The number of carbonyl (C=O) groups is 2. The van der Waals surface area contributed by atoms with Gasteiger partial charge in [0.2, 0.25) is 5.91 Å². The molecule has 1 N–H and O–H groups in total. The fourth-order valence-corrected chi connectivity index (χ4v) is 6.69. The third kappa shape index (κ3) is 6.81. The highest BCUT2D eigenvalue weighted by Gasteiger charge is 2.58. The Morgan fingerprint density at radius 3 is 2.55 bits per heavy atom. The maximum Gasteiger partial charge on any atom is 0.573 e. The predicted octanol–water partition coefficient (Wildman–Crippen LogP) is 5.32. The van der Waals surface area contributed by atoms with Gasteiger partial charge in [-0.05, 0) is 92.5 Å². The zero-order chi connectivity index (χ0) is 30.1. The highest BCUT2D eigenvalue weighted by Crippen LogP contribution is 2.53. The molecule has 2 saturated carbocycles. The van der Waals surface area contributed by atoms with Gasteiger partial charge >= 0.3 is 12.3 Å². The number of hydrogen-bond acceptors (Lipinski definition) is 6. The number of hydrogen-bond donors (Lipinski definition) is 1. The first-order valence-electron chi connectivity index (χ1n) is 14.4. The molecule has 0 bridgehead atoms. The lowest BCUT2D eigenvalue weighted by molar-refractivity contribution is -0.274. The van der Waals surface area contributed by atoms with E-state index in [1.165, 1.54) is 50.1 Å². The number of ether oxygens (including phenoxy) is 2. The van der Waals surface area contributed by atoms with Crippen molar-refractivity contribution in [1.82, 2.24) is 9.80 Å². The summed E-state index contributed by atoms with van der Waals surface area (Å²) in [5, 5.41) is 12.3. The zero-order valence-electron chi connectivity index (χ0n) is 23.9. The lowest BCUT2D eigenvalue weighted by Crippen LogP contribution is -2.67. The summed E-state index contributed by atoms with van der Waals surface area (Å²) in [6.45, 7) is 3.69. The average Bonchev–Trinajstić information content (AvgIpc) is 3.74. The van der Waals surface area contributed by atoms with E-state index < -0.39 is 23.3 Å². The van der Waals surface area contributed by atoms with E-state index in [0.717, 1.165) is 18.7 Å². The third-order valence-corrected chi connectivity index (χ3v) is 8.97. The zero-order valence-corrected chi connectivity index (χ0v) is 23.9. The SMILES string of the molecule is CC(=O)Oc1cccc(C23CCN(CC4CC4)CC2(O)CCC(N(C)C(=O)/C=C/c2cccc(OC(F)(F)F)c2)C3)c1. The molecule has 226 valence electrons. The number of esters is 1. The number of fused-ring (bicyclic) bond motifs is 1. The molecule has 0 spiro atoms. The van der Waals surface area contributed by atoms with Crippen molar-refractivity contribution >= 4 is 18.0 Å². The number of likely N-dealkylation sites (N-methyl/N-ethyl adjacent to an activating group) is 1. The Balaban J connectivity index is 1.37. The Bertz CT molecular complexity index is 1340. The number of alkyl halides is 3. The van der Waals surface area contributed by atoms with E-state index in [0.29, 0.717) is 49.5 Å². The van der Waals surface area contributed by atoms with Crippen LogP contribution in [-0.2, 0) is 15.0 Å². The number of halogens is 3. The lowest BCUT2D eigenvalue weighted by atomic mass is 9.55. The number of carbonyl (C=O) groups excluding carboxylic acids is 2. The Morgan fingerprint density at radius 2 is 1.83 bits per heavy atom. The summed E-state index contributed by atoms with van der Waals surface area (Å²) in [6, 6.07) is 12.6. The van der Waals surface area contributed by atoms with Gasteiger partial charge in [0, 0.05) is 44.6 Å². The maximum absolute atomic E-state index is 13.3. The molecule has 2 aliphatic carbocycles. The van der Waals surface area contributed by atoms with Crippen molar-refractivity contribution in [3.8, 4) is 11.5 Å². The summed E-state index contributed by atoms with van der Waals surface area (Å²) in [5.41, 5.74) is -0.395. The standard InChI is InChI=1S/C32H37F3N2O5/c1-22(38)41-27-7-4-6-25(18-27)30-15-16-37(20-24-9-10-24)21-31(30,40)14-13-26(19-30)36(2)29(39)12-11-23-5-3-8-28(17-23)42-32(33,34)35/h3-8,11-12,17-18,24,26,40H,9-10,13-16,19-21H2,1-2H3/b12-11+. The van der Waals surface area contributed by atoms with E-state index in [2.05, 4.69) is 9.64 Å². The normalized spacial score (nSPS) is 26.5. The minimum atomic E-state index is -4.80. The van der Waals surface area contributed by atoms with Crippen LogP contribution in [0.2, 0.25) is 0 Å². The van der Waals surface area contributed by atoms with Crippen LogP contribution in [0.3, 0.4) is 0 Å². The summed E-state index contributed by atoms with van der Waals surface area (Å²) in [6.07, 6.45) is 2.78. The van der Waals surface area contributed by atoms with E-state index in [9.17, 15) is 27.9 Å². The highest BCUT2D eigenvalue weighted by molar-refractivity contribution is 5.91. The summed E-state index contributed by atoms with van der Waals surface area (Å²) >= 11 is 0. The van der Waals surface area contributed by atoms with Crippen LogP contribution < -0.4 is 9.47 Å². The third-order valence-electron chi connectivity index (χ3n) is 8.97. The van der Waals surface area contributed by atoms with Gasteiger partial charge in [-0.2, -0.15) is 0 Å². The summed E-state index contributed by atoms with van der Waals surface area (Å²) in [7, 11) is 1.72. The van der Waals surface area contributed by atoms with Crippen molar-refractivity contribution in [3.63, 3.8) is 0 Å². The Hall–Kier alpha value is -3.37. The molecule has 7 nitrogen and oxygen atoms in total. The number of benzene rings is 2. The molecule has 1 amide bonds. The monoisotopic (exact) mass is 586 g/mol. The van der Waals surface area contributed by atoms with E-state index in [1.54, 1.807) is 24.1 Å². The molecule has 3 aliphatic rings. The van der Waals surface area contributed by atoms with Crippen LogP contribution in [-0.4, -0.2) is 71.5 Å². The Morgan fingerprint density at radius 1 is 1.10 bits per heavy atom. The van der Waals surface area contributed by atoms with E-state index in [4.69, 9.17) is 4.74 Å². The van der Waals surface area contributed by atoms with Gasteiger partial charge in [-0.25, -0.2) is 0 Å². The van der Waals surface area contributed by atoms with Crippen molar-refractivity contribution in [1.29, 1.82) is 0 Å². The first-order chi connectivity index (χ1) is 19.9. The summed E-state index contributed by atoms with van der Waals surface area (Å²) < 4.78 is 47.2. The van der Waals surface area contributed by atoms with Crippen molar-refractivity contribution < 1.29 is 37.3 Å². The first-order valence-corrected chi connectivity index (χ1v) is 14.4. The van der Waals surface area contributed by atoms with Crippen LogP contribution in [0.5, 0.6) is 11.5 Å². The van der Waals surface area contributed by atoms with Gasteiger partial charge in [-0.1, -0.05) is 24.3 Å². The molecule has 5 rings (SSSR count). The van der Waals surface area contributed by atoms with Crippen molar-refractivity contribution in [2.75, 3.05) is 26.7 Å². The average molecular weight is 587 g/mol. The van der Waals surface area contributed by atoms with Crippen molar-refractivity contribution in [2.24, 2.45) is 5.92 Å². The molecule has 1 heterocycles. The van der Waals surface area contributed by atoms with Crippen LogP contribution in [0.1, 0.15) is 56.6 Å². The second-order valence-corrected chi connectivity index (χ2v) is 12.0. The largest absolute Gasteiger partial charge is 0.573 e. The van der Waals surface area contributed by atoms with Crippen LogP contribution in [0.25, 0.3) is 6.08 Å². The number of likely N-dealkylation sites (tertiary alicyclic amines) is 1. The lowest BCUT2D eigenvalue weighted by Gasteiger charge is -2.59. The summed E-state index contributed by atoms with van der Waals surface area (Å²) in [5.74, 6) is 0.0446. The number of piperidine rings is 1. The second kappa shape index (κ2) is 11.7. The van der Waals surface area contributed by atoms with Gasteiger partial charge < -0.3 is 24.4 Å². The molecular weight excluding hydrogens is 549 g/mol. The van der Waals surface area contributed by atoms with Crippen molar-refractivity contribution in [2.45, 2.75) is 68.9 Å². The molecule has 3 fully saturated rings. The molecule has 2 aromatic carbocycles. The van der Waals surface area contributed by atoms with Crippen LogP contribution >= 0.6 is 0 Å². The van der Waals surface area contributed by atoms with E-state index in [-0.39, 0.29) is 17.7 Å². The van der Waals surface area contributed by atoms with Gasteiger partial charge in [-0.15, -0.1) is 13.2 Å². The number of β-amino-alcohol motifs (C(OH)–C–C–N with tert-alkyl or cyclic N) is 1. The molecule has 10 heteroatoms. The topological polar surface area (TPSA) is 79.3 Å². The van der Waals surface area contributed by atoms with Gasteiger partial charge in [0.05, 0.1) is 5.60 Å². The summed E-state index contributed by atoms with van der Waals surface area (Å²) in [4.78, 5) is 29.0. The predicted molar refractivity (Wildman–Crippen MR) is 151 cm³/mol. The molecular formula is C32H37F3N2O5. The van der Waals surface area contributed by atoms with Crippen LogP contribution in [0.15, 0.2) is 54.6 Å². The molecule has 1 saturated heterocycles. The molecule has 0 aromatic heterocycles. The fourth-order valence-electron chi connectivity index (χ4n) is 6.69. The van der Waals surface area contributed by atoms with Crippen LogP contribution in [0.4, 0.5) is 13.2 Å². The minimum absolute atomic E-state index is 0.185. The van der Waals surface area contributed by atoms with Gasteiger partial charge in [0.1, 0.15) is 11.5 Å². The maximum atomic E-state index is 13.3. The Kier molecular flexibility index (Phi) is 8.40. The second-order valence-electron chi connectivity index (χ2n) is 12.0.